The summed E-state index contributed by atoms with van der Waals surface area (Å²) in [6, 6.07) is 5.82. The Kier molecular flexibility index (Phi) is 1.89. The minimum absolute atomic E-state index is 0.283. The van der Waals surface area contributed by atoms with E-state index in [9.17, 15) is 4.79 Å². The molecule has 1 aliphatic heterocycles. The molecule has 0 bridgehead atoms. The van der Waals surface area contributed by atoms with Gasteiger partial charge in [0, 0.05) is 10.9 Å². The van der Waals surface area contributed by atoms with Crippen molar-refractivity contribution in [3.8, 4) is 5.75 Å². The SMILES string of the molecule is O=CC1Cc2ccc(Br)cc2O1. The number of rotatable bonds is 1. The van der Waals surface area contributed by atoms with Crippen LogP contribution in [0.5, 0.6) is 5.75 Å². The number of carbonyl (C=O) groups is 1. The number of ether oxygens (including phenoxy) is 1. The second-order valence-electron chi connectivity index (χ2n) is 2.75. The number of fused-ring (bicyclic) bond motifs is 1. The number of hydrogen-bond acceptors (Lipinski definition) is 2. The lowest BCUT2D eigenvalue weighted by Gasteiger charge is -2.00. The van der Waals surface area contributed by atoms with Crippen LogP contribution in [0.3, 0.4) is 0 Å². The molecule has 1 aromatic rings. The number of benzene rings is 1. The average molecular weight is 227 g/mol. The van der Waals surface area contributed by atoms with Gasteiger partial charge >= 0.3 is 0 Å². The van der Waals surface area contributed by atoms with Crippen LogP contribution in [-0.4, -0.2) is 12.4 Å². The Morgan fingerprint density at radius 3 is 3.17 bits per heavy atom. The smallest absolute Gasteiger partial charge is 0.160 e. The molecule has 1 aliphatic rings. The van der Waals surface area contributed by atoms with Gasteiger partial charge in [0.1, 0.15) is 5.75 Å². The van der Waals surface area contributed by atoms with Crippen molar-refractivity contribution in [3.63, 3.8) is 0 Å². The molecule has 0 N–H and O–H groups in total. The van der Waals surface area contributed by atoms with E-state index >= 15 is 0 Å². The fourth-order valence-corrected chi connectivity index (χ4v) is 1.64. The molecule has 1 aromatic carbocycles. The first-order chi connectivity index (χ1) is 5.79. The number of hydrogen-bond donors (Lipinski definition) is 0. The van der Waals surface area contributed by atoms with Gasteiger partial charge in [-0.05, 0) is 17.7 Å². The minimum Gasteiger partial charge on any atom is -0.482 e. The lowest BCUT2D eigenvalue weighted by Crippen LogP contribution is -2.13. The van der Waals surface area contributed by atoms with Crippen LogP contribution in [0.2, 0.25) is 0 Å². The molecule has 0 radical (unpaired) electrons. The zero-order valence-electron chi connectivity index (χ0n) is 6.29. The summed E-state index contributed by atoms with van der Waals surface area (Å²) in [6.45, 7) is 0. The van der Waals surface area contributed by atoms with Gasteiger partial charge in [-0.1, -0.05) is 22.0 Å². The molecular weight excluding hydrogens is 220 g/mol. The molecule has 2 nitrogen and oxygen atoms in total. The highest BCUT2D eigenvalue weighted by molar-refractivity contribution is 9.10. The van der Waals surface area contributed by atoms with Crippen LogP contribution >= 0.6 is 15.9 Å². The fraction of sp³-hybridized carbons (Fsp3) is 0.222. The summed E-state index contributed by atoms with van der Waals surface area (Å²) in [5.41, 5.74) is 1.11. The predicted molar refractivity (Wildman–Crippen MR) is 48.3 cm³/mol. The molecule has 0 saturated carbocycles. The maximum Gasteiger partial charge on any atom is 0.160 e. The second kappa shape index (κ2) is 2.90. The number of aldehydes is 1. The van der Waals surface area contributed by atoms with Gasteiger partial charge in [0.2, 0.25) is 0 Å². The summed E-state index contributed by atoms with van der Waals surface area (Å²) in [7, 11) is 0. The van der Waals surface area contributed by atoms with Crippen LogP contribution < -0.4 is 4.74 Å². The van der Waals surface area contributed by atoms with Crippen molar-refractivity contribution < 1.29 is 9.53 Å². The van der Waals surface area contributed by atoms with Crippen LogP contribution in [0, 0.1) is 0 Å². The van der Waals surface area contributed by atoms with Crippen LogP contribution in [0.1, 0.15) is 5.56 Å². The van der Waals surface area contributed by atoms with E-state index in [0.29, 0.717) is 6.42 Å². The van der Waals surface area contributed by atoms with Crippen LogP contribution in [-0.2, 0) is 11.2 Å². The van der Waals surface area contributed by atoms with E-state index < -0.39 is 0 Å². The Bertz CT molecular complexity index is 322. The number of halogens is 1. The van der Waals surface area contributed by atoms with Crippen molar-refractivity contribution in [2.45, 2.75) is 12.5 Å². The molecule has 0 amide bonds. The van der Waals surface area contributed by atoms with Gasteiger partial charge in [-0.25, -0.2) is 0 Å². The normalized spacial score (nSPS) is 19.9. The van der Waals surface area contributed by atoms with E-state index in [1.165, 1.54) is 0 Å². The van der Waals surface area contributed by atoms with Gasteiger partial charge in [0.15, 0.2) is 12.4 Å². The third-order valence-corrected chi connectivity index (χ3v) is 2.37. The summed E-state index contributed by atoms with van der Waals surface area (Å²) < 4.78 is 6.32. The molecule has 0 aliphatic carbocycles. The molecule has 1 heterocycles. The van der Waals surface area contributed by atoms with Crippen LogP contribution in [0.25, 0.3) is 0 Å². The lowest BCUT2D eigenvalue weighted by molar-refractivity contribution is -0.113. The van der Waals surface area contributed by atoms with Gasteiger partial charge in [-0.15, -0.1) is 0 Å². The first-order valence-electron chi connectivity index (χ1n) is 3.70. The van der Waals surface area contributed by atoms with Crippen LogP contribution in [0.15, 0.2) is 22.7 Å². The van der Waals surface area contributed by atoms with E-state index in [1.807, 2.05) is 18.2 Å². The molecule has 0 aromatic heterocycles. The summed E-state index contributed by atoms with van der Waals surface area (Å²) in [5, 5.41) is 0. The molecule has 3 heteroatoms. The zero-order chi connectivity index (χ0) is 8.55. The standard InChI is InChI=1S/C9H7BrO2/c10-7-2-1-6-3-8(5-11)12-9(6)4-7/h1-2,4-5,8H,3H2. The molecule has 2 rings (SSSR count). The van der Waals surface area contributed by atoms with E-state index in [1.54, 1.807) is 0 Å². The van der Waals surface area contributed by atoms with Crippen molar-refractivity contribution in [1.82, 2.24) is 0 Å². The second-order valence-corrected chi connectivity index (χ2v) is 3.66. The Labute approximate surface area is 78.7 Å². The Balaban J connectivity index is 2.35. The molecule has 1 atom stereocenters. The van der Waals surface area contributed by atoms with Crippen molar-refractivity contribution in [2.24, 2.45) is 0 Å². The fourth-order valence-electron chi connectivity index (χ4n) is 1.30. The average Bonchev–Trinajstić information content (AvgIpc) is 2.46. The van der Waals surface area contributed by atoms with E-state index in [0.717, 1.165) is 22.1 Å². The summed E-state index contributed by atoms with van der Waals surface area (Å²) >= 11 is 3.34. The first-order valence-corrected chi connectivity index (χ1v) is 4.49. The molecule has 0 fully saturated rings. The van der Waals surface area contributed by atoms with Gasteiger partial charge in [0.05, 0.1) is 0 Å². The summed E-state index contributed by atoms with van der Waals surface area (Å²) in [4.78, 5) is 10.4. The molecule has 0 saturated heterocycles. The topological polar surface area (TPSA) is 26.3 Å². The Hall–Kier alpha value is -0.830. The molecule has 1 unspecified atom stereocenters. The van der Waals surface area contributed by atoms with Gasteiger partial charge in [0.25, 0.3) is 0 Å². The summed E-state index contributed by atoms with van der Waals surface area (Å²) in [6.07, 6.45) is 1.26. The lowest BCUT2D eigenvalue weighted by atomic mass is 10.1. The van der Waals surface area contributed by atoms with E-state index in [-0.39, 0.29) is 6.10 Å². The van der Waals surface area contributed by atoms with Crippen molar-refractivity contribution >= 4 is 22.2 Å². The zero-order valence-corrected chi connectivity index (χ0v) is 7.87. The monoisotopic (exact) mass is 226 g/mol. The third kappa shape index (κ3) is 1.25. The molecule has 62 valence electrons. The highest BCUT2D eigenvalue weighted by Crippen LogP contribution is 2.30. The van der Waals surface area contributed by atoms with Crippen molar-refractivity contribution in [3.05, 3.63) is 28.2 Å². The van der Waals surface area contributed by atoms with Gasteiger partial charge in [-0.2, -0.15) is 0 Å². The largest absolute Gasteiger partial charge is 0.482 e. The first kappa shape index (κ1) is 7.80. The van der Waals surface area contributed by atoms with E-state index in [4.69, 9.17) is 4.74 Å². The van der Waals surface area contributed by atoms with Crippen molar-refractivity contribution in [1.29, 1.82) is 0 Å². The quantitative estimate of drug-likeness (QED) is 0.685. The Morgan fingerprint density at radius 2 is 2.42 bits per heavy atom. The molecule has 0 spiro atoms. The van der Waals surface area contributed by atoms with E-state index in [2.05, 4.69) is 15.9 Å². The maximum absolute atomic E-state index is 10.4. The highest BCUT2D eigenvalue weighted by Gasteiger charge is 2.21. The van der Waals surface area contributed by atoms with Crippen LogP contribution in [0.4, 0.5) is 0 Å². The molecule has 12 heavy (non-hydrogen) atoms. The highest BCUT2D eigenvalue weighted by atomic mass is 79.9. The van der Waals surface area contributed by atoms with Gasteiger partial charge < -0.3 is 4.74 Å². The minimum atomic E-state index is -0.283. The van der Waals surface area contributed by atoms with Crippen molar-refractivity contribution in [2.75, 3.05) is 0 Å². The number of carbonyl (C=O) groups excluding carboxylic acids is 1. The molecular formula is C9H7BrO2. The maximum atomic E-state index is 10.4. The Morgan fingerprint density at radius 1 is 1.58 bits per heavy atom. The predicted octanol–water partition coefficient (Wildman–Crippen LogP) is 1.95. The van der Waals surface area contributed by atoms with Gasteiger partial charge in [-0.3, -0.25) is 4.79 Å². The summed E-state index contributed by atoms with van der Waals surface area (Å²) in [5.74, 6) is 0.821. The third-order valence-electron chi connectivity index (χ3n) is 1.88.